The van der Waals surface area contributed by atoms with E-state index in [0.29, 0.717) is 12.5 Å². The molecule has 0 aromatic heterocycles. The van der Waals surface area contributed by atoms with Crippen LogP contribution in [0.15, 0.2) is 24.3 Å². The van der Waals surface area contributed by atoms with Crippen molar-refractivity contribution in [2.75, 3.05) is 70.9 Å². The number of rotatable bonds is 5. The molecule has 0 spiro atoms. The Hall–Kier alpha value is -2.28. The fraction of sp³-hybridized carbons (Fsp3) is 0.680. The predicted octanol–water partition coefficient (Wildman–Crippen LogP) is 2.46. The summed E-state index contributed by atoms with van der Waals surface area (Å²) < 4.78 is 5.24. The number of likely N-dealkylation sites (tertiary alicyclic amines) is 2. The Morgan fingerprint density at radius 2 is 1.44 bits per heavy atom. The molecule has 0 radical (unpaired) electrons. The highest BCUT2D eigenvalue weighted by molar-refractivity contribution is 5.80. The number of anilines is 1. The lowest BCUT2D eigenvalue weighted by Gasteiger charge is -2.38. The van der Waals surface area contributed by atoms with Crippen LogP contribution in [0.2, 0.25) is 0 Å². The van der Waals surface area contributed by atoms with Crippen LogP contribution < -0.4 is 9.64 Å². The molecular formula is C25H38N4O3. The number of hydrogen-bond donors (Lipinski definition) is 0. The number of carbonyl (C=O) groups is 2. The van der Waals surface area contributed by atoms with Crippen LogP contribution >= 0.6 is 0 Å². The molecule has 3 aliphatic heterocycles. The molecule has 3 heterocycles. The molecule has 0 aliphatic carbocycles. The van der Waals surface area contributed by atoms with Gasteiger partial charge in [0, 0.05) is 50.9 Å². The van der Waals surface area contributed by atoms with Crippen molar-refractivity contribution in [2.24, 2.45) is 5.92 Å². The summed E-state index contributed by atoms with van der Waals surface area (Å²) in [4.78, 5) is 34.4. The summed E-state index contributed by atoms with van der Waals surface area (Å²) in [5, 5.41) is 0. The monoisotopic (exact) mass is 442 g/mol. The Kier molecular flexibility index (Phi) is 7.90. The first-order valence-corrected chi connectivity index (χ1v) is 12.3. The summed E-state index contributed by atoms with van der Waals surface area (Å²) in [5.41, 5.74) is 1.18. The topological polar surface area (TPSA) is 56.3 Å². The Morgan fingerprint density at radius 3 is 2.03 bits per heavy atom. The standard InChI is InChI=1S/C25H38N4O3/c1-32-23-8-6-22(7-9-23)27-16-18-28(19-17-27)24(30)20-26-14-10-21(11-15-26)25(31)29-12-4-2-3-5-13-29/h6-9,21H,2-5,10-20H2,1H3. The van der Waals surface area contributed by atoms with Gasteiger partial charge in [0.25, 0.3) is 0 Å². The van der Waals surface area contributed by atoms with Gasteiger partial charge in [-0.3, -0.25) is 14.5 Å². The fourth-order valence-corrected chi connectivity index (χ4v) is 5.19. The molecule has 0 unspecified atom stereocenters. The van der Waals surface area contributed by atoms with Crippen molar-refractivity contribution in [1.29, 1.82) is 0 Å². The summed E-state index contributed by atoms with van der Waals surface area (Å²) in [6.07, 6.45) is 6.55. The molecule has 3 fully saturated rings. The smallest absolute Gasteiger partial charge is 0.236 e. The third kappa shape index (κ3) is 5.74. The minimum Gasteiger partial charge on any atom is -0.497 e. The normalized spacial score (nSPS) is 21.3. The Morgan fingerprint density at radius 1 is 0.812 bits per heavy atom. The average molecular weight is 443 g/mol. The maximum atomic E-state index is 12.9. The van der Waals surface area contributed by atoms with Crippen molar-refractivity contribution in [3.63, 3.8) is 0 Å². The van der Waals surface area contributed by atoms with Crippen molar-refractivity contribution in [2.45, 2.75) is 38.5 Å². The average Bonchev–Trinajstić information content (AvgIpc) is 3.14. The molecule has 0 saturated carbocycles. The Bertz CT molecular complexity index is 745. The van der Waals surface area contributed by atoms with E-state index in [1.54, 1.807) is 7.11 Å². The van der Waals surface area contributed by atoms with Gasteiger partial charge in [0.1, 0.15) is 5.75 Å². The molecule has 1 aromatic rings. The van der Waals surface area contributed by atoms with Gasteiger partial charge >= 0.3 is 0 Å². The third-order valence-electron chi connectivity index (χ3n) is 7.28. The maximum Gasteiger partial charge on any atom is 0.236 e. The Labute approximate surface area is 192 Å². The number of ether oxygens (including phenoxy) is 1. The minimum atomic E-state index is 0.146. The van der Waals surface area contributed by atoms with E-state index < -0.39 is 0 Å². The molecule has 32 heavy (non-hydrogen) atoms. The van der Waals surface area contributed by atoms with Crippen LogP contribution in [0.1, 0.15) is 38.5 Å². The lowest BCUT2D eigenvalue weighted by molar-refractivity contribution is -0.137. The molecular weight excluding hydrogens is 404 g/mol. The van der Waals surface area contributed by atoms with Gasteiger partial charge in [-0.05, 0) is 63.0 Å². The Balaban J connectivity index is 1.18. The highest BCUT2D eigenvalue weighted by Crippen LogP contribution is 2.23. The number of methoxy groups -OCH3 is 1. The van der Waals surface area contributed by atoms with E-state index in [-0.39, 0.29) is 11.8 Å². The van der Waals surface area contributed by atoms with Gasteiger partial charge in [0.15, 0.2) is 0 Å². The second-order valence-corrected chi connectivity index (χ2v) is 9.36. The van der Waals surface area contributed by atoms with Gasteiger partial charge in [-0.1, -0.05) is 12.8 Å². The van der Waals surface area contributed by atoms with Gasteiger partial charge in [-0.15, -0.1) is 0 Å². The summed E-state index contributed by atoms with van der Waals surface area (Å²) in [6.45, 7) is 7.26. The van der Waals surface area contributed by atoms with Crippen LogP contribution in [0, 0.1) is 5.92 Å². The van der Waals surface area contributed by atoms with Crippen molar-refractivity contribution in [3.8, 4) is 5.75 Å². The molecule has 176 valence electrons. The minimum absolute atomic E-state index is 0.146. The van der Waals surface area contributed by atoms with Gasteiger partial charge in [0.2, 0.25) is 11.8 Å². The molecule has 0 atom stereocenters. The second-order valence-electron chi connectivity index (χ2n) is 9.36. The second kappa shape index (κ2) is 11.0. The zero-order chi connectivity index (χ0) is 22.3. The molecule has 3 saturated heterocycles. The highest BCUT2D eigenvalue weighted by Gasteiger charge is 2.30. The first-order valence-electron chi connectivity index (χ1n) is 12.3. The molecule has 0 N–H and O–H groups in total. The summed E-state index contributed by atoms with van der Waals surface area (Å²) in [7, 11) is 1.68. The van der Waals surface area contributed by atoms with Crippen LogP contribution in [0.5, 0.6) is 5.75 Å². The number of amides is 2. The first-order chi connectivity index (χ1) is 15.6. The summed E-state index contributed by atoms with van der Waals surface area (Å²) in [6, 6.07) is 8.11. The number of carbonyl (C=O) groups excluding carboxylic acids is 2. The largest absolute Gasteiger partial charge is 0.497 e. The van der Waals surface area contributed by atoms with Crippen LogP contribution in [-0.4, -0.2) is 92.5 Å². The van der Waals surface area contributed by atoms with Crippen LogP contribution in [-0.2, 0) is 9.59 Å². The fourth-order valence-electron chi connectivity index (χ4n) is 5.19. The van der Waals surface area contributed by atoms with E-state index in [0.717, 1.165) is 83.8 Å². The van der Waals surface area contributed by atoms with Crippen molar-refractivity contribution in [3.05, 3.63) is 24.3 Å². The molecule has 4 rings (SSSR count). The van der Waals surface area contributed by atoms with Gasteiger partial charge in [-0.2, -0.15) is 0 Å². The zero-order valence-electron chi connectivity index (χ0n) is 19.5. The first kappa shape index (κ1) is 22.9. The number of piperidine rings is 1. The molecule has 1 aromatic carbocycles. The lowest BCUT2D eigenvalue weighted by Crippen LogP contribution is -2.52. The van der Waals surface area contributed by atoms with Gasteiger partial charge < -0.3 is 19.4 Å². The molecule has 7 heteroatoms. The van der Waals surface area contributed by atoms with Gasteiger partial charge in [0.05, 0.1) is 13.7 Å². The SMILES string of the molecule is COc1ccc(N2CCN(C(=O)CN3CCC(C(=O)N4CCCCCC4)CC3)CC2)cc1. The van der Waals surface area contributed by atoms with E-state index in [1.807, 2.05) is 17.0 Å². The molecule has 0 bridgehead atoms. The van der Waals surface area contributed by atoms with E-state index in [4.69, 9.17) is 4.74 Å². The van der Waals surface area contributed by atoms with Crippen molar-refractivity contribution in [1.82, 2.24) is 14.7 Å². The van der Waals surface area contributed by atoms with Crippen LogP contribution in [0.3, 0.4) is 0 Å². The van der Waals surface area contributed by atoms with E-state index in [1.165, 1.54) is 18.5 Å². The van der Waals surface area contributed by atoms with Crippen LogP contribution in [0.25, 0.3) is 0 Å². The van der Waals surface area contributed by atoms with Crippen molar-refractivity contribution < 1.29 is 14.3 Å². The van der Waals surface area contributed by atoms with E-state index in [9.17, 15) is 9.59 Å². The molecule has 3 aliphatic rings. The van der Waals surface area contributed by atoms with Crippen LogP contribution in [0.4, 0.5) is 5.69 Å². The quantitative estimate of drug-likeness (QED) is 0.701. The zero-order valence-corrected chi connectivity index (χ0v) is 19.5. The highest BCUT2D eigenvalue weighted by atomic mass is 16.5. The predicted molar refractivity (Wildman–Crippen MR) is 126 cm³/mol. The summed E-state index contributed by atoms with van der Waals surface area (Å²) >= 11 is 0. The van der Waals surface area contributed by atoms with E-state index in [2.05, 4.69) is 26.8 Å². The molecule has 7 nitrogen and oxygen atoms in total. The van der Waals surface area contributed by atoms with Gasteiger partial charge in [-0.25, -0.2) is 0 Å². The lowest BCUT2D eigenvalue weighted by atomic mass is 9.95. The summed E-state index contributed by atoms with van der Waals surface area (Å²) in [5.74, 6) is 1.58. The number of hydrogen-bond acceptors (Lipinski definition) is 5. The maximum absolute atomic E-state index is 12.9. The number of nitrogens with zero attached hydrogens (tertiary/aromatic N) is 4. The third-order valence-corrected chi connectivity index (χ3v) is 7.28. The number of piperazine rings is 1. The van der Waals surface area contributed by atoms with E-state index >= 15 is 0 Å². The molecule has 2 amide bonds. The number of benzene rings is 1. The van der Waals surface area contributed by atoms with Crippen molar-refractivity contribution >= 4 is 17.5 Å².